The zero-order valence-corrected chi connectivity index (χ0v) is 14.0. The highest BCUT2D eigenvalue weighted by Gasteiger charge is 2.50. The minimum atomic E-state index is -2.54. The molecule has 0 spiro atoms. The van der Waals surface area contributed by atoms with E-state index in [2.05, 4.69) is 0 Å². The highest BCUT2D eigenvalue weighted by atomic mass is 16.5. The van der Waals surface area contributed by atoms with E-state index >= 15 is 0 Å². The Kier molecular flexibility index (Phi) is 6.92. The third-order valence-corrected chi connectivity index (χ3v) is 3.43. The summed E-state index contributed by atoms with van der Waals surface area (Å²) in [5.41, 5.74) is -2.53. The van der Waals surface area contributed by atoms with E-state index in [1.807, 2.05) is 5.32 Å². The Balaban J connectivity index is 3.33. The molecule has 0 bridgehead atoms. The Morgan fingerprint density at radius 1 is 1.24 bits per heavy atom. The normalized spacial score (nSPS) is 12.4. The number of benzene rings is 1. The van der Waals surface area contributed by atoms with Gasteiger partial charge in [0, 0.05) is 0 Å². The van der Waals surface area contributed by atoms with Crippen molar-refractivity contribution in [1.82, 2.24) is 5.32 Å². The summed E-state index contributed by atoms with van der Waals surface area (Å²) in [6, 6.07) is 4.36. The molecule has 0 heterocycles. The summed E-state index contributed by atoms with van der Waals surface area (Å²) in [7, 11) is 2.72. The van der Waals surface area contributed by atoms with Crippen molar-refractivity contribution < 1.29 is 38.5 Å². The van der Waals surface area contributed by atoms with Crippen molar-refractivity contribution in [3.05, 3.63) is 23.8 Å². The SMILES string of the molecule is CCOC(=O)C(CC(=O)c1cc(OC)ccc1OC)(NC=O)C(=O)O. The molecule has 0 aliphatic heterocycles. The largest absolute Gasteiger partial charge is 0.497 e. The van der Waals surface area contributed by atoms with Crippen LogP contribution in [0.15, 0.2) is 18.2 Å². The van der Waals surface area contributed by atoms with Crippen LogP contribution in [0.2, 0.25) is 0 Å². The lowest BCUT2D eigenvalue weighted by molar-refractivity contribution is -0.163. The van der Waals surface area contributed by atoms with Gasteiger partial charge in [0.05, 0.1) is 32.8 Å². The van der Waals surface area contributed by atoms with Gasteiger partial charge in [0.25, 0.3) is 0 Å². The number of carboxylic acids is 1. The molecule has 0 radical (unpaired) electrons. The summed E-state index contributed by atoms with van der Waals surface area (Å²) in [6.07, 6.45) is -0.829. The van der Waals surface area contributed by atoms with Crippen LogP contribution in [0.4, 0.5) is 0 Å². The first-order valence-corrected chi connectivity index (χ1v) is 7.23. The third kappa shape index (κ3) is 4.25. The number of aliphatic carboxylic acids is 1. The van der Waals surface area contributed by atoms with E-state index in [4.69, 9.17) is 14.2 Å². The molecule has 1 atom stereocenters. The van der Waals surface area contributed by atoms with Crippen LogP contribution in [-0.2, 0) is 19.1 Å². The molecule has 0 aliphatic carbocycles. The number of esters is 1. The number of amides is 1. The molecule has 25 heavy (non-hydrogen) atoms. The predicted octanol–water partition coefficient (Wildman–Crippen LogP) is 0.409. The molecule has 0 saturated heterocycles. The Morgan fingerprint density at radius 2 is 1.92 bits per heavy atom. The fraction of sp³-hybridized carbons (Fsp3) is 0.375. The number of hydrogen-bond acceptors (Lipinski definition) is 7. The van der Waals surface area contributed by atoms with Crippen LogP contribution < -0.4 is 14.8 Å². The van der Waals surface area contributed by atoms with Gasteiger partial charge in [-0.25, -0.2) is 9.59 Å². The number of ether oxygens (including phenoxy) is 3. The van der Waals surface area contributed by atoms with Crippen LogP contribution in [-0.4, -0.2) is 55.6 Å². The first kappa shape index (κ1) is 19.9. The average Bonchev–Trinajstić information content (AvgIpc) is 2.60. The maximum atomic E-state index is 12.6. The van der Waals surface area contributed by atoms with Crippen LogP contribution >= 0.6 is 0 Å². The summed E-state index contributed by atoms with van der Waals surface area (Å²) in [5, 5.41) is 11.3. The van der Waals surface area contributed by atoms with Crippen molar-refractivity contribution in [1.29, 1.82) is 0 Å². The zero-order valence-electron chi connectivity index (χ0n) is 14.0. The van der Waals surface area contributed by atoms with E-state index in [-0.39, 0.29) is 24.3 Å². The number of hydrogen-bond donors (Lipinski definition) is 2. The fourth-order valence-corrected chi connectivity index (χ4v) is 2.13. The number of Topliss-reactive ketones (excluding diaryl/α,β-unsaturated/α-hetero) is 1. The summed E-state index contributed by atoms with van der Waals surface area (Å²) in [6.45, 7) is 1.35. The van der Waals surface area contributed by atoms with Gasteiger partial charge in [-0.2, -0.15) is 0 Å². The molecule has 0 aliphatic rings. The molecule has 1 aromatic rings. The van der Waals surface area contributed by atoms with Gasteiger partial charge < -0.3 is 24.6 Å². The van der Waals surface area contributed by atoms with Gasteiger partial charge in [0.1, 0.15) is 11.5 Å². The number of carbonyl (C=O) groups is 4. The van der Waals surface area contributed by atoms with E-state index in [9.17, 15) is 24.3 Å². The maximum absolute atomic E-state index is 12.6. The van der Waals surface area contributed by atoms with Crippen LogP contribution in [0.5, 0.6) is 11.5 Å². The number of rotatable bonds is 10. The van der Waals surface area contributed by atoms with E-state index in [1.165, 1.54) is 33.3 Å². The van der Waals surface area contributed by atoms with Crippen LogP contribution in [0.25, 0.3) is 0 Å². The van der Waals surface area contributed by atoms with Gasteiger partial charge in [-0.3, -0.25) is 9.59 Å². The van der Waals surface area contributed by atoms with Crippen molar-refractivity contribution in [2.24, 2.45) is 0 Å². The van der Waals surface area contributed by atoms with Gasteiger partial charge >= 0.3 is 11.9 Å². The Hall–Kier alpha value is -3.10. The molecule has 1 unspecified atom stereocenters. The third-order valence-electron chi connectivity index (χ3n) is 3.43. The molecular weight excluding hydrogens is 334 g/mol. The minimum Gasteiger partial charge on any atom is -0.497 e. The number of methoxy groups -OCH3 is 2. The monoisotopic (exact) mass is 353 g/mol. The number of nitrogens with one attached hydrogen (secondary N) is 1. The second-order valence-electron chi connectivity index (χ2n) is 4.86. The van der Waals surface area contributed by atoms with Crippen LogP contribution in [0.3, 0.4) is 0 Å². The molecule has 0 aromatic heterocycles. The molecule has 9 nitrogen and oxygen atoms in total. The lowest BCUT2D eigenvalue weighted by atomic mass is 9.90. The lowest BCUT2D eigenvalue weighted by Gasteiger charge is -2.25. The first-order valence-electron chi connectivity index (χ1n) is 7.23. The maximum Gasteiger partial charge on any atom is 0.344 e. The smallest absolute Gasteiger partial charge is 0.344 e. The highest BCUT2D eigenvalue weighted by molar-refractivity contribution is 6.12. The van der Waals surface area contributed by atoms with Crippen molar-refractivity contribution in [2.45, 2.75) is 18.9 Å². The summed E-state index contributed by atoms with van der Waals surface area (Å²) < 4.78 is 14.8. The molecule has 1 amide bonds. The van der Waals surface area contributed by atoms with Gasteiger partial charge in [-0.15, -0.1) is 0 Å². The van der Waals surface area contributed by atoms with E-state index in [0.717, 1.165) is 0 Å². The lowest BCUT2D eigenvalue weighted by Crippen LogP contribution is -2.59. The molecular formula is C16H19NO8. The first-order chi connectivity index (χ1) is 11.9. The minimum absolute atomic E-state index is 0.00414. The van der Waals surface area contributed by atoms with Gasteiger partial charge in [0.15, 0.2) is 5.78 Å². The number of ketones is 1. The Morgan fingerprint density at radius 3 is 2.40 bits per heavy atom. The number of carboxylic acid groups (broad SMARTS) is 1. The van der Waals surface area contributed by atoms with E-state index in [0.29, 0.717) is 5.75 Å². The summed E-state index contributed by atoms with van der Waals surface area (Å²) in [5.74, 6) is -3.21. The van der Waals surface area contributed by atoms with E-state index < -0.39 is 29.7 Å². The standard InChI is InChI=1S/C16H19NO8/c1-4-25-15(22)16(14(20)21,17-9-18)8-12(19)11-7-10(23-2)5-6-13(11)24-3/h5-7,9H,4,8H2,1-3H3,(H,17,18)(H,20,21). The summed E-state index contributed by atoms with van der Waals surface area (Å²) in [4.78, 5) is 47.2. The average molecular weight is 353 g/mol. The molecule has 0 saturated carbocycles. The second-order valence-corrected chi connectivity index (χ2v) is 4.86. The van der Waals surface area contributed by atoms with Gasteiger partial charge in [-0.05, 0) is 25.1 Å². The summed E-state index contributed by atoms with van der Waals surface area (Å²) >= 11 is 0. The van der Waals surface area contributed by atoms with Gasteiger partial charge in [-0.1, -0.05) is 0 Å². The quantitative estimate of drug-likeness (QED) is 0.268. The molecule has 1 aromatic carbocycles. The second kappa shape index (κ2) is 8.67. The van der Waals surface area contributed by atoms with E-state index in [1.54, 1.807) is 6.07 Å². The zero-order chi connectivity index (χ0) is 19.0. The molecule has 136 valence electrons. The molecule has 0 fully saturated rings. The topological polar surface area (TPSA) is 128 Å². The Labute approximate surface area is 143 Å². The molecule has 9 heteroatoms. The van der Waals surface area contributed by atoms with Crippen molar-refractivity contribution in [3.8, 4) is 11.5 Å². The van der Waals surface area contributed by atoms with Crippen molar-refractivity contribution in [3.63, 3.8) is 0 Å². The number of carbonyl (C=O) groups excluding carboxylic acids is 3. The highest BCUT2D eigenvalue weighted by Crippen LogP contribution is 2.27. The Bertz CT molecular complexity index is 672. The van der Waals surface area contributed by atoms with Gasteiger partial charge in [0.2, 0.25) is 11.9 Å². The predicted molar refractivity (Wildman–Crippen MR) is 84.7 cm³/mol. The fourth-order valence-electron chi connectivity index (χ4n) is 2.13. The molecule has 2 N–H and O–H groups in total. The van der Waals surface area contributed by atoms with Crippen molar-refractivity contribution >= 4 is 24.1 Å². The van der Waals surface area contributed by atoms with Crippen molar-refractivity contribution in [2.75, 3.05) is 20.8 Å². The van der Waals surface area contributed by atoms with Crippen LogP contribution in [0.1, 0.15) is 23.7 Å². The van der Waals surface area contributed by atoms with Crippen LogP contribution in [0, 0.1) is 0 Å². The molecule has 1 rings (SSSR count).